The molecule has 0 saturated carbocycles. The summed E-state index contributed by atoms with van der Waals surface area (Å²) in [7, 11) is 0. The lowest BCUT2D eigenvalue weighted by Crippen LogP contribution is -2.41. The molecule has 0 aromatic heterocycles. The molecule has 0 aliphatic carbocycles. The second-order valence-electron chi connectivity index (χ2n) is 3.10. The highest BCUT2D eigenvalue weighted by Crippen LogP contribution is 2.29. The van der Waals surface area contributed by atoms with Crippen LogP contribution in [-0.4, -0.2) is 12.0 Å². The number of carbonyl (C=O) groups is 1. The highest BCUT2D eigenvalue weighted by atomic mass is 79.9. The number of halogens is 2. The molecule has 1 atom stereocenters. The van der Waals surface area contributed by atoms with Crippen molar-refractivity contribution in [2.45, 2.75) is 19.4 Å². The summed E-state index contributed by atoms with van der Waals surface area (Å²) < 4.78 is 7.26. The molecule has 0 aliphatic rings. The van der Waals surface area contributed by atoms with Crippen LogP contribution in [0.25, 0.3) is 0 Å². The van der Waals surface area contributed by atoms with Gasteiger partial charge < -0.3 is 4.74 Å². The van der Waals surface area contributed by atoms with Crippen LogP contribution in [0.1, 0.15) is 13.3 Å². The maximum atomic E-state index is 11.3. The Balaban J connectivity index is 2.82. The molecule has 0 saturated heterocycles. The largest absolute Gasteiger partial charge is 0.479 e. The van der Waals surface area contributed by atoms with Crippen molar-refractivity contribution in [1.29, 1.82) is 0 Å². The zero-order valence-electron chi connectivity index (χ0n) is 8.67. The van der Waals surface area contributed by atoms with Crippen LogP contribution >= 0.6 is 31.9 Å². The number of carbonyl (C=O) groups excluding carboxylic acids is 1. The number of hydrazine groups is 1. The van der Waals surface area contributed by atoms with E-state index in [9.17, 15) is 4.79 Å². The number of rotatable bonds is 4. The first-order chi connectivity index (χ1) is 7.58. The third kappa shape index (κ3) is 3.47. The second-order valence-corrected chi connectivity index (χ2v) is 4.87. The second kappa shape index (κ2) is 6.22. The van der Waals surface area contributed by atoms with Crippen molar-refractivity contribution in [2.75, 3.05) is 0 Å². The van der Waals surface area contributed by atoms with E-state index >= 15 is 0 Å². The molecule has 1 unspecified atom stereocenters. The Kier molecular flexibility index (Phi) is 5.24. The Bertz CT molecular complexity index is 385. The van der Waals surface area contributed by atoms with Crippen molar-refractivity contribution in [3.8, 4) is 5.75 Å². The van der Waals surface area contributed by atoms with Gasteiger partial charge in [-0.2, -0.15) is 0 Å². The molecule has 4 nitrogen and oxygen atoms in total. The third-order valence-electron chi connectivity index (χ3n) is 1.97. The summed E-state index contributed by atoms with van der Waals surface area (Å²) in [5.41, 5.74) is 2.08. The fourth-order valence-corrected chi connectivity index (χ4v) is 2.28. The minimum Gasteiger partial charge on any atom is -0.479 e. The van der Waals surface area contributed by atoms with Gasteiger partial charge in [-0.05, 0) is 40.5 Å². The monoisotopic (exact) mass is 350 g/mol. The van der Waals surface area contributed by atoms with Gasteiger partial charge in [0, 0.05) is 4.47 Å². The molecule has 0 fully saturated rings. The molecule has 3 N–H and O–H groups in total. The molecule has 1 aromatic rings. The number of amides is 1. The fourth-order valence-electron chi connectivity index (χ4n) is 1.14. The van der Waals surface area contributed by atoms with E-state index in [4.69, 9.17) is 10.6 Å². The summed E-state index contributed by atoms with van der Waals surface area (Å²) in [5.74, 6) is 5.34. The minimum atomic E-state index is -0.581. The van der Waals surface area contributed by atoms with Crippen molar-refractivity contribution in [2.24, 2.45) is 5.84 Å². The lowest BCUT2D eigenvalue weighted by atomic mass is 10.2. The van der Waals surface area contributed by atoms with Crippen LogP contribution in [-0.2, 0) is 4.79 Å². The van der Waals surface area contributed by atoms with Crippen molar-refractivity contribution in [1.82, 2.24) is 5.43 Å². The number of ether oxygens (including phenoxy) is 1. The zero-order valence-corrected chi connectivity index (χ0v) is 11.8. The molecule has 6 heteroatoms. The van der Waals surface area contributed by atoms with Gasteiger partial charge >= 0.3 is 0 Å². The van der Waals surface area contributed by atoms with Gasteiger partial charge in [-0.3, -0.25) is 10.2 Å². The van der Waals surface area contributed by atoms with Crippen LogP contribution in [0.5, 0.6) is 5.75 Å². The van der Waals surface area contributed by atoms with Crippen LogP contribution < -0.4 is 16.0 Å². The molecule has 0 bridgehead atoms. The van der Waals surface area contributed by atoms with Gasteiger partial charge in [-0.1, -0.05) is 22.9 Å². The molecule has 0 aliphatic heterocycles. The number of hydrogen-bond acceptors (Lipinski definition) is 3. The van der Waals surface area contributed by atoms with E-state index < -0.39 is 6.10 Å². The van der Waals surface area contributed by atoms with E-state index in [-0.39, 0.29) is 5.91 Å². The molecule has 1 aromatic carbocycles. The smallest absolute Gasteiger partial charge is 0.274 e. The van der Waals surface area contributed by atoms with Gasteiger partial charge in [0.15, 0.2) is 6.10 Å². The Labute approximate surface area is 111 Å². The summed E-state index contributed by atoms with van der Waals surface area (Å²) >= 11 is 6.70. The van der Waals surface area contributed by atoms with Gasteiger partial charge in [0.05, 0.1) is 4.47 Å². The van der Waals surface area contributed by atoms with Gasteiger partial charge in [-0.25, -0.2) is 5.84 Å². The zero-order chi connectivity index (χ0) is 12.1. The maximum absolute atomic E-state index is 11.3. The lowest BCUT2D eigenvalue weighted by molar-refractivity contribution is -0.128. The van der Waals surface area contributed by atoms with Gasteiger partial charge in [0.2, 0.25) is 0 Å². The highest BCUT2D eigenvalue weighted by molar-refractivity contribution is 9.11. The van der Waals surface area contributed by atoms with E-state index in [1.165, 1.54) is 0 Å². The molecular weight excluding hydrogens is 340 g/mol. The highest BCUT2D eigenvalue weighted by Gasteiger charge is 2.18. The average Bonchev–Trinajstić information content (AvgIpc) is 2.27. The first kappa shape index (κ1) is 13.5. The van der Waals surface area contributed by atoms with Crippen LogP contribution in [0.3, 0.4) is 0 Å². The topological polar surface area (TPSA) is 64.3 Å². The fraction of sp³-hybridized carbons (Fsp3) is 0.300. The molecule has 0 heterocycles. The van der Waals surface area contributed by atoms with Crippen LogP contribution in [0.4, 0.5) is 0 Å². The predicted molar refractivity (Wildman–Crippen MR) is 68.9 cm³/mol. The number of nitrogens with two attached hydrogens (primary N) is 1. The van der Waals surface area contributed by atoms with E-state index in [0.29, 0.717) is 12.2 Å². The molecule has 1 amide bonds. The van der Waals surface area contributed by atoms with Crippen molar-refractivity contribution in [3.63, 3.8) is 0 Å². The average molecular weight is 352 g/mol. The molecule has 0 radical (unpaired) electrons. The Morgan fingerprint density at radius 3 is 2.75 bits per heavy atom. The standard InChI is InChI=1S/C10H12Br2N2O2/c1-2-8(10(15)14-13)16-9-4-3-6(11)5-7(9)12/h3-5,8H,2,13H2,1H3,(H,14,15). The summed E-state index contributed by atoms with van der Waals surface area (Å²) in [5, 5.41) is 0. The predicted octanol–water partition coefficient (Wildman–Crippen LogP) is 2.36. The summed E-state index contributed by atoms with van der Waals surface area (Å²) in [6.45, 7) is 1.85. The van der Waals surface area contributed by atoms with Crippen LogP contribution in [0, 0.1) is 0 Å². The van der Waals surface area contributed by atoms with Crippen molar-refractivity contribution in [3.05, 3.63) is 27.1 Å². The van der Waals surface area contributed by atoms with Gasteiger partial charge in [0.25, 0.3) is 5.91 Å². The maximum Gasteiger partial charge on any atom is 0.274 e. The number of nitrogens with one attached hydrogen (secondary N) is 1. The third-order valence-corrected chi connectivity index (χ3v) is 3.08. The van der Waals surface area contributed by atoms with Gasteiger partial charge in [0.1, 0.15) is 5.75 Å². The quantitative estimate of drug-likeness (QED) is 0.497. The Hall–Kier alpha value is -0.590. The minimum absolute atomic E-state index is 0.336. The van der Waals surface area contributed by atoms with E-state index in [1.54, 1.807) is 6.07 Å². The van der Waals surface area contributed by atoms with Crippen molar-refractivity contribution < 1.29 is 9.53 Å². The van der Waals surface area contributed by atoms with Gasteiger partial charge in [-0.15, -0.1) is 0 Å². The SMILES string of the molecule is CCC(Oc1ccc(Br)cc1Br)C(=O)NN. The van der Waals surface area contributed by atoms with E-state index in [1.807, 2.05) is 19.1 Å². The van der Waals surface area contributed by atoms with Crippen LogP contribution in [0.2, 0.25) is 0 Å². The summed E-state index contributed by atoms with van der Waals surface area (Å²) in [6.07, 6.45) is -0.0339. The summed E-state index contributed by atoms with van der Waals surface area (Å²) in [6, 6.07) is 5.47. The summed E-state index contributed by atoms with van der Waals surface area (Å²) in [4.78, 5) is 11.3. The number of hydrogen-bond donors (Lipinski definition) is 2. The Morgan fingerprint density at radius 2 is 2.25 bits per heavy atom. The first-order valence-electron chi connectivity index (χ1n) is 4.70. The van der Waals surface area contributed by atoms with E-state index in [2.05, 4.69) is 37.3 Å². The molecule has 16 heavy (non-hydrogen) atoms. The lowest BCUT2D eigenvalue weighted by Gasteiger charge is -2.16. The van der Waals surface area contributed by atoms with E-state index in [0.717, 1.165) is 8.95 Å². The Morgan fingerprint density at radius 1 is 1.56 bits per heavy atom. The molecule has 1 rings (SSSR count). The molecule has 88 valence electrons. The molecular formula is C10H12Br2N2O2. The molecule has 0 spiro atoms. The first-order valence-corrected chi connectivity index (χ1v) is 6.29. The number of benzene rings is 1. The van der Waals surface area contributed by atoms with Crippen LogP contribution in [0.15, 0.2) is 27.1 Å². The normalized spacial score (nSPS) is 12.0. The van der Waals surface area contributed by atoms with Crippen molar-refractivity contribution >= 4 is 37.8 Å².